The molecule has 0 rings (SSSR count). The first-order chi connectivity index (χ1) is 7.92. The number of amides is 2. The van der Waals surface area contributed by atoms with Crippen molar-refractivity contribution in [2.75, 3.05) is 19.6 Å². The number of carboxylic acids is 1. The maximum Gasteiger partial charge on any atom is 0.334 e. The first kappa shape index (κ1) is 15.7. The zero-order valence-corrected chi connectivity index (χ0v) is 10.6. The molecule has 0 saturated heterocycles. The van der Waals surface area contributed by atoms with Crippen LogP contribution in [0, 0.1) is 5.92 Å². The van der Waals surface area contributed by atoms with Gasteiger partial charge in [-0.25, -0.2) is 9.59 Å². The van der Waals surface area contributed by atoms with Crippen LogP contribution in [0.4, 0.5) is 4.79 Å². The van der Waals surface area contributed by atoms with Crippen molar-refractivity contribution in [3.05, 3.63) is 0 Å². The van der Waals surface area contributed by atoms with Gasteiger partial charge < -0.3 is 20.4 Å². The Hall–Kier alpha value is -1.30. The van der Waals surface area contributed by atoms with Crippen LogP contribution in [-0.2, 0) is 4.79 Å². The van der Waals surface area contributed by atoms with Crippen LogP contribution in [-0.4, -0.2) is 52.9 Å². The van der Waals surface area contributed by atoms with Crippen LogP contribution in [0.15, 0.2) is 0 Å². The van der Waals surface area contributed by atoms with Crippen molar-refractivity contribution in [3.63, 3.8) is 0 Å². The molecule has 3 N–H and O–H groups in total. The van der Waals surface area contributed by atoms with Gasteiger partial charge in [-0.1, -0.05) is 20.3 Å². The summed E-state index contributed by atoms with van der Waals surface area (Å²) in [5, 5.41) is 19.9. The van der Waals surface area contributed by atoms with Crippen LogP contribution in [0.3, 0.4) is 0 Å². The van der Waals surface area contributed by atoms with Crippen LogP contribution in [0.1, 0.15) is 27.2 Å². The van der Waals surface area contributed by atoms with Gasteiger partial charge in [0.2, 0.25) is 0 Å². The average Bonchev–Trinajstić information content (AvgIpc) is 2.31. The van der Waals surface area contributed by atoms with E-state index in [1.165, 1.54) is 0 Å². The van der Waals surface area contributed by atoms with Crippen molar-refractivity contribution in [2.45, 2.75) is 33.3 Å². The Morgan fingerprint density at radius 3 is 2.35 bits per heavy atom. The molecule has 0 aliphatic carbocycles. The Morgan fingerprint density at radius 2 is 1.94 bits per heavy atom. The van der Waals surface area contributed by atoms with E-state index in [4.69, 9.17) is 10.2 Å². The van der Waals surface area contributed by atoms with Crippen LogP contribution in [0.5, 0.6) is 0 Å². The number of urea groups is 1. The van der Waals surface area contributed by atoms with Crippen molar-refractivity contribution in [2.24, 2.45) is 5.92 Å². The molecule has 0 saturated carbocycles. The van der Waals surface area contributed by atoms with E-state index in [-0.39, 0.29) is 12.6 Å². The number of nitrogens with zero attached hydrogens (tertiary/aromatic N) is 1. The number of rotatable bonds is 7. The fourth-order valence-electron chi connectivity index (χ4n) is 1.24. The number of carbonyl (C=O) groups excluding carboxylic acids is 1. The van der Waals surface area contributed by atoms with Crippen molar-refractivity contribution >= 4 is 12.0 Å². The quantitative estimate of drug-likeness (QED) is 0.610. The van der Waals surface area contributed by atoms with Gasteiger partial charge in [-0.3, -0.25) is 0 Å². The summed E-state index contributed by atoms with van der Waals surface area (Å²) in [6, 6.07) is -0.340. The van der Waals surface area contributed by atoms with Gasteiger partial charge in [0.05, 0.1) is 6.54 Å². The second-order valence-corrected chi connectivity index (χ2v) is 4.09. The zero-order chi connectivity index (χ0) is 13.4. The Kier molecular flexibility index (Phi) is 7.29. The molecule has 6 nitrogen and oxygen atoms in total. The highest BCUT2D eigenvalue weighted by Gasteiger charge is 2.17. The number of carbonyl (C=O) groups is 2. The van der Waals surface area contributed by atoms with E-state index >= 15 is 0 Å². The van der Waals surface area contributed by atoms with E-state index in [1.54, 1.807) is 4.90 Å². The van der Waals surface area contributed by atoms with Gasteiger partial charge in [-0.15, -0.1) is 0 Å². The topological polar surface area (TPSA) is 89.9 Å². The Bertz CT molecular complexity index is 258. The van der Waals surface area contributed by atoms with E-state index in [9.17, 15) is 9.59 Å². The SMILES string of the molecule is CCC(C)CN(CC)C(=O)NC[C@H](O)C(=O)O. The summed E-state index contributed by atoms with van der Waals surface area (Å²) in [6.07, 6.45) is -0.581. The predicted octanol–water partition coefficient (Wildman–Crippen LogP) is 0.509. The summed E-state index contributed by atoms with van der Waals surface area (Å²) < 4.78 is 0. The van der Waals surface area contributed by atoms with E-state index in [0.717, 1.165) is 6.42 Å². The Labute approximate surface area is 102 Å². The third-order valence-electron chi connectivity index (χ3n) is 2.63. The van der Waals surface area contributed by atoms with Gasteiger partial charge in [0.1, 0.15) is 0 Å². The van der Waals surface area contributed by atoms with Gasteiger partial charge in [-0.2, -0.15) is 0 Å². The monoisotopic (exact) mass is 246 g/mol. The van der Waals surface area contributed by atoms with Crippen LogP contribution in [0.25, 0.3) is 0 Å². The van der Waals surface area contributed by atoms with Crippen molar-refractivity contribution in [3.8, 4) is 0 Å². The van der Waals surface area contributed by atoms with Gasteiger partial charge in [-0.05, 0) is 12.8 Å². The summed E-state index contributed by atoms with van der Waals surface area (Å²) in [5.74, 6) is -0.944. The van der Waals surface area contributed by atoms with Gasteiger partial charge in [0.25, 0.3) is 0 Å². The number of hydrogen-bond acceptors (Lipinski definition) is 3. The summed E-state index contributed by atoms with van der Waals surface area (Å²) in [7, 11) is 0. The molecule has 1 unspecified atom stereocenters. The number of nitrogens with one attached hydrogen (secondary N) is 1. The number of aliphatic hydroxyl groups excluding tert-OH is 1. The maximum absolute atomic E-state index is 11.7. The molecular formula is C11H22N2O4. The Morgan fingerprint density at radius 1 is 1.35 bits per heavy atom. The van der Waals surface area contributed by atoms with Crippen molar-refractivity contribution in [1.82, 2.24) is 10.2 Å². The normalized spacial score (nSPS) is 13.9. The lowest BCUT2D eigenvalue weighted by Gasteiger charge is -2.24. The summed E-state index contributed by atoms with van der Waals surface area (Å²) >= 11 is 0. The maximum atomic E-state index is 11.7. The highest BCUT2D eigenvalue weighted by molar-refractivity contribution is 5.76. The van der Waals surface area contributed by atoms with Gasteiger partial charge >= 0.3 is 12.0 Å². The van der Waals surface area contributed by atoms with E-state index in [2.05, 4.69) is 5.32 Å². The lowest BCUT2D eigenvalue weighted by atomic mass is 10.1. The molecule has 0 fully saturated rings. The number of carboxylic acid groups (broad SMARTS) is 1. The Balaban J connectivity index is 4.12. The molecule has 0 aliphatic heterocycles. The molecule has 2 amide bonds. The minimum Gasteiger partial charge on any atom is -0.479 e. The largest absolute Gasteiger partial charge is 0.479 e. The molecule has 0 heterocycles. The first-order valence-electron chi connectivity index (χ1n) is 5.85. The third kappa shape index (κ3) is 6.11. The molecular weight excluding hydrogens is 224 g/mol. The van der Waals surface area contributed by atoms with Crippen molar-refractivity contribution < 1.29 is 19.8 Å². The van der Waals surface area contributed by atoms with E-state index in [0.29, 0.717) is 19.0 Å². The predicted molar refractivity (Wildman–Crippen MR) is 63.7 cm³/mol. The molecule has 0 aliphatic rings. The average molecular weight is 246 g/mol. The van der Waals surface area contributed by atoms with Crippen LogP contribution >= 0.6 is 0 Å². The third-order valence-corrected chi connectivity index (χ3v) is 2.63. The molecule has 0 aromatic carbocycles. The van der Waals surface area contributed by atoms with Gasteiger partial charge in [0.15, 0.2) is 6.10 Å². The molecule has 2 atom stereocenters. The minimum atomic E-state index is -1.55. The number of hydrogen-bond donors (Lipinski definition) is 3. The summed E-state index contributed by atoms with van der Waals surface area (Å²) in [4.78, 5) is 23.6. The first-order valence-corrected chi connectivity index (χ1v) is 5.85. The van der Waals surface area contributed by atoms with Gasteiger partial charge in [0, 0.05) is 13.1 Å². The van der Waals surface area contributed by atoms with Crippen LogP contribution < -0.4 is 5.32 Å². The molecule has 0 aromatic heterocycles. The molecule has 6 heteroatoms. The minimum absolute atomic E-state index is 0.273. The number of aliphatic carboxylic acids is 1. The van der Waals surface area contributed by atoms with E-state index < -0.39 is 12.1 Å². The van der Waals surface area contributed by atoms with E-state index in [1.807, 2.05) is 20.8 Å². The summed E-state index contributed by atoms with van der Waals surface area (Å²) in [5.41, 5.74) is 0. The lowest BCUT2D eigenvalue weighted by molar-refractivity contribution is -0.146. The van der Waals surface area contributed by atoms with Crippen molar-refractivity contribution in [1.29, 1.82) is 0 Å². The second kappa shape index (κ2) is 7.89. The molecule has 0 radical (unpaired) electrons. The highest BCUT2D eigenvalue weighted by Crippen LogP contribution is 2.04. The number of aliphatic hydroxyl groups is 1. The second-order valence-electron chi connectivity index (χ2n) is 4.09. The lowest BCUT2D eigenvalue weighted by Crippen LogP contribution is -2.45. The molecule has 0 bridgehead atoms. The molecule has 0 spiro atoms. The summed E-state index contributed by atoms with van der Waals surface area (Å²) in [6.45, 7) is 6.86. The molecule has 0 aromatic rings. The zero-order valence-electron chi connectivity index (χ0n) is 10.6. The highest BCUT2D eigenvalue weighted by atomic mass is 16.4. The van der Waals surface area contributed by atoms with Crippen LogP contribution in [0.2, 0.25) is 0 Å². The smallest absolute Gasteiger partial charge is 0.334 e. The fourth-order valence-corrected chi connectivity index (χ4v) is 1.24. The molecule has 100 valence electrons. The fraction of sp³-hybridized carbons (Fsp3) is 0.818. The molecule has 17 heavy (non-hydrogen) atoms. The standard InChI is InChI=1S/C11H22N2O4/c1-4-8(3)7-13(5-2)11(17)12-6-9(14)10(15)16/h8-9,14H,4-7H2,1-3H3,(H,12,17)(H,15,16)/t8?,9-/m0/s1.